The van der Waals surface area contributed by atoms with Crippen LogP contribution in [0.2, 0.25) is 0 Å². The molecule has 57 heavy (non-hydrogen) atoms. The molecule has 4 aliphatic rings. The van der Waals surface area contributed by atoms with Gasteiger partial charge in [-0.05, 0) is 88.8 Å². The van der Waals surface area contributed by atoms with Gasteiger partial charge in [0.2, 0.25) is 21.8 Å². The molecule has 3 aliphatic carbocycles. The molecular formula is C41H47N7O7S2. The highest BCUT2D eigenvalue weighted by Crippen LogP contribution is 2.47. The van der Waals surface area contributed by atoms with E-state index in [9.17, 15) is 27.6 Å². The van der Waals surface area contributed by atoms with Crippen LogP contribution in [0, 0.1) is 31.6 Å². The minimum Gasteiger partial charge on any atom is -0.473 e. The molecule has 8 rings (SSSR count). The molecule has 6 atom stereocenters. The molecule has 4 heterocycles. The number of amides is 3. The lowest BCUT2D eigenvalue weighted by Gasteiger charge is -2.26. The molecule has 4 aromatic rings. The van der Waals surface area contributed by atoms with E-state index >= 15 is 0 Å². The van der Waals surface area contributed by atoms with Crippen molar-refractivity contribution in [2.75, 3.05) is 0 Å². The normalized spacial score (nSPS) is 27.3. The van der Waals surface area contributed by atoms with E-state index in [1.165, 1.54) is 11.3 Å². The number of aromatic nitrogens is 4. The minimum absolute atomic E-state index is 0.112. The molecule has 3 amide bonds. The van der Waals surface area contributed by atoms with Crippen LogP contribution < -0.4 is 20.1 Å². The first-order chi connectivity index (χ1) is 27.3. The number of ketones is 1. The second-order valence-corrected chi connectivity index (χ2v) is 18.8. The van der Waals surface area contributed by atoms with Crippen LogP contribution in [0.5, 0.6) is 5.88 Å². The fourth-order valence-corrected chi connectivity index (χ4v) is 10.5. The number of carbonyl (C=O) groups excluding carboxylic acids is 4. The Balaban J connectivity index is 1.13. The Labute approximate surface area is 335 Å². The monoisotopic (exact) mass is 813 g/mol. The first kappa shape index (κ1) is 38.9. The molecule has 0 bridgehead atoms. The standard InChI is InChI=1S/C41H47N7O7S2/c1-23-34(24(2)48(3)46-23)38(51)43-32-15-8-6-4-5-7-12-25-22-41(25,40(52)47-57(53,54)27-17-18-27)45-37(50)29-21-26(20-28(29)36(32)49)55-39-35(33-16-11-19-56-33)42-30-13-9-10-14-31(30)44-39/h7,9-14,16,19,25-29,32H,4-6,8,15,17-18,20-22H2,1-3H3,(H,43,51)(H,45,50)(H,47,52)/b12-7-/t25?,26-,28?,29+,32+,41+/m0/s1. The first-order valence-corrected chi connectivity index (χ1v) is 22.1. The van der Waals surface area contributed by atoms with Crippen LogP contribution in [-0.2, 0) is 31.5 Å². The third-order valence-corrected chi connectivity index (χ3v) is 14.6. The number of fused-ring (bicyclic) bond motifs is 3. The molecule has 300 valence electrons. The summed E-state index contributed by atoms with van der Waals surface area (Å²) in [4.78, 5) is 67.7. The molecule has 0 radical (unpaired) electrons. The summed E-state index contributed by atoms with van der Waals surface area (Å²) in [5, 5.41) is 11.7. The van der Waals surface area contributed by atoms with Gasteiger partial charge in [-0.1, -0.05) is 43.2 Å². The smallest absolute Gasteiger partial charge is 0.259 e. The lowest BCUT2D eigenvalue weighted by atomic mass is 9.85. The molecular weight excluding hydrogens is 767 g/mol. The summed E-state index contributed by atoms with van der Waals surface area (Å²) in [5.41, 5.74) is 1.98. The number of para-hydroxylation sites is 2. The number of Topliss-reactive ketones (excluding diaryl/α,β-unsaturated/α-hetero) is 1. The maximum absolute atomic E-state index is 14.9. The predicted molar refractivity (Wildman–Crippen MR) is 214 cm³/mol. The Morgan fingerprint density at radius 3 is 2.44 bits per heavy atom. The van der Waals surface area contributed by atoms with Gasteiger partial charge in [-0.15, -0.1) is 11.3 Å². The van der Waals surface area contributed by atoms with Crippen molar-refractivity contribution in [2.45, 2.75) is 101 Å². The Kier molecular flexibility index (Phi) is 10.5. The number of nitrogens with zero attached hydrogens (tertiary/aromatic N) is 4. The predicted octanol–water partition coefficient (Wildman–Crippen LogP) is 4.85. The summed E-state index contributed by atoms with van der Waals surface area (Å²) in [6.45, 7) is 3.55. The van der Waals surface area contributed by atoms with Crippen LogP contribution in [0.25, 0.3) is 21.6 Å². The van der Waals surface area contributed by atoms with Gasteiger partial charge < -0.3 is 15.4 Å². The molecule has 2 unspecified atom stereocenters. The van der Waals surface area contributed by atoms with E-state index < -0.39 is 68.4 Å². The summed E-state index contributed by atoms with van der Waals surface area (Å²) in [7, 11) is -2.14. The van der Waals surface area contributed by atoms with Crippen LogP contribution in [-0.4, -0.2) is 74.6 Å². The molecule has 14 nitrogen and oxygen atoms in total. The number of benzene rings is 1. The third kappa shape index (κ3) is 7.85. The largest absolute Gasteiger partial charge is 0.473 e. The van der Waals surface area contributed by atoms with Crippen LogP contribution >= 0.6 is 11.3 Å². The molecule has 1 aromatic carbocycles. The molecule has 3 fully saturated rings. The van der Waals surface area contributed by atoms with E-state index in [1.54, 1.807) is 25.6 Å². The van der Waals surface area contributed by atoms with Crippen molar-refractivity contribution in [3.05, 3.63) is 70.9 Å². The summed E-state index contributed by atoms with van der Waals surface area (Å²) in [6, 6.07) is 10.4. The van der Waals surface area contributed by atoms with Crippen molar-refractivity contribution in [3.63, 3.8) is 0 Å². The highest BCUT2D eigenvalue weighted by molar-refractivity contribution is 7.91. The number of rotatable bonds is 8. The van der Waals surface area contributed by atoms with Gasteiger partial charge in [0.15, 0.2) is 5.78 Å². The summed E-state index contributed by atoms with van der Waals surface area (Å²) in [6.07, 6.45) is 7.97. The topological polar surface area (TPSA) is 191 Å². The number of thiophene rings is 1. The second-order valence-electron chi connectivity index (χ2n) is 15.9. The Hall–Kier alpha value is -4.96. The van der Waals surface area contributed by atoms with E-state index in [4.69, 9.17) is 14.7 Å². The molecule has 3 saturated carbocycles. The highest BCUT2D eigenvalue weighted by Gasteiger charge is 2.62. The number of allylic oxidation sites excluding steroid dienone is 1. The zero-order valence-corrected chi connectivity index (χ0v) is 33.8. The number of ether oxygens (including phenoxy) is 1. The van der Waals surface area contributed by atoms with Gasteiger partial charge in [-0.3, -0.25) is 28.6 Å². The van der Waals surface area contributed by atoms with E-state index in [0.717, 1.165) is 17.7 Å². The maximum atomic E-state index is 14.9. The van der Waals surface area contributed by atoms with E-state index in [2.05, 4.69) is 20.5 Å². The quantitative estimate of drug-likeness (QED) is 0.207. The zero-order chi connectivity index (χ0) is 40.1. The molecule has 1 aliphatic heterocycles. The molecule has 0 saturated heterocycles. The Morgan fingerprint density at radius 2 is 1.74 bits per heavy atom. The summed E-state index contributed by atoms with van der Waals surface area (Å²) < 4.78 is 36.4. The zero-order valence-electron chi connectivity index (χ0n) is 32.2. The lowest BCUT2D eigenvalue weighted by molar-refractivity contribution is -0.136. The van der Waals surface area contributed by atoms with Crippen molar-refractivity contribution < 1.29 is 32.3 Å². The number of nitrogens with one attached hydrogen (secondary N) is 3. The Morgan fingerprint density at radius 1 is 0.982 bits per heavy atom. The number of carbonyl (C=O) groups is 4. The minimum atomic E-state index is -3.89. The van der Waals surface area contributed by atoms with Crippen LogP contribution in [0.15, 0.2) is 53.9 Å². The molecule has 3 aromatic heterocycles. The van der Waals surface area contributed by atoms with Gasteiger partial charge in [-0.25, -0.2) is 18.4 Å². The SMILES string of the molecule is Cc1nn(C)c(C)c1C(=O)N[C@@H]1CCCCC/C=C\C2C[C@@]2(C(=O)NS(=O)(=O)C2CC2)NC(=O)[C@@H]2C[C@@H](Oc3nc4ccccc4nc3-c3cccs3)CC2C1=O. The third-order valence-electron chi connectivity index (χ3n) is 11.9. The van der Waals surface area contributed by atoms with Crippen molar-refractivity contribution in [1.82, 2.24) is 35.1 Å². The highest BCUT2D eigenvalue weighted by atomic mass is 32.2. The van der Waals surface area contributed by atoms with Crippen molar-refractivity contribution in [1.29, 1.82) is 0 Å². The molecule has 16 heteroatoms. The van der Waals surface area contributed by atoms with E-state index in [1.807, 2.05) is 53.9 Å². The maximum Gasteiger partial charge on any atom is 0.259 e. The second kappa shape index (κ2) is 15.4. The number of sulfonamides is 1. The van der Waals surface area contributed by atoms with Gasteiger partial charge in [-0.2, -0.15) is 5.10 Å². The number of hydrogen-bond acceptors (Lipinski definition) is 11. The van der Waals surface area contributed by atoms with Crippen LogP contribution in [0.1, 0.15) is 86.0 Å². The molecule has 3 N–H and O–H groups in total. The molecule has 0 spiro atoms. The van der Waals surface area contributed by atoms with E-state index in [0.29, 0.717) is 65.8 Å². The lowest BCUT2D eigenvalue weighted by Crippen LogP contribution is -2.54. The number of aryl methyl sites for hydroxylation is 2. The van der Waals surface area contributed by atoms with Crippen LogP contribution in [0.4, 0.5) is 0 Å². The Bertz CT molecular complexity index is 2370. The summed E-state index contributed by atoms with van der Waals surface area (Å²) in [5.74, 6) is -4.02. The van der Waals surface area contributed by atoms with Gasteiger partial charge >= 0.3 is 0 Å². The van der Waals surface area contributed by atoms with E-state index in [-0.39, 0.29) is 30.9 Å². The van der Waals surface area contributed by atoms with Crippen LogP contribution in [0.3, 0.4) is 0 Å². The van der Waals surface area contributed by atoms with Gasteiger partial charge in [0.05, 0.1) is 44.4 Å². The van der Waals surface area contributed by atoms with Crippen molar-refractivity contribution in [3.8, 4) is 16.5 Å². The first-order valence-electron chi connectivity index (χ1n) is 19.7. The average molecular weight is 814 g/mol. The van der Waals surface area contributed by atoms with Crippen molar-refractivity contribution in [2.24, 2.45) is 24.8 Å². The van der Waals surface area contributed by atoms with Gasteiger partial charge in [0.1, 0.15) is 17.3 Å². The fourth-order valence-electron chi connectivity index (χ4n) is 8.39. The number of hydrogen-bond donors (Lipinski definition) is 3. The van der Waals surface area contributed by atoms with Crippen molar-refractivity contribution >= 4 is 55.9 Å². The van der Waals surface area contributed by atoms with Gasteiger partial charge in [0, 0.05) is 24.6 Å². The fraction of sp³-hybridized carbons (Fsp3) is 0.488. The summed E-state index contributed by atoms with van der Waals surface area (Å²) >= 11 is 1.49. The average Bonchev–Trinajstić information content (AvgIpc) is 4.01. The van der Waals surface area contributed by atoms with Gasteiger partial charge in [0.25, 0.3) is 11.8 Å².